The first-order valence-electron chi connectivity index (χ1n) is 13.1. The topological polar surface area (TPSA) is 89.6 Å². The van der Waals surface area contributed by atoms with Crippen LogP contribution in [0.4, 0.5) is 5.69 Å². The minimum atomic E-state index is -0.388. The lowest BCUT2D eigenvalue weighted by Crippen LogP contribution is -2.41. The Balaban J connectivity index is 1.49. The number of non-ortho nitro benzene ring substituents is 1. The maximum absolute atomic E-state index is 13.2. The number of nitrogens with one attached hydrogen (secondary N) is 1. The summed E-state index contributed by atoms with van der Waals surface area (Å²) in [5, 5.41) is 16.0. The Labute approximate surface area is 232 Å². The predicted molar refractivity (Wildman–Crippen MR) is 152 cm³/mol. The van der Waals surface area contributed by atoms with E-state index < -0.39 is 0 Å². The molecule has 202 valence electrons. The van der Waals surface area contributed by atoms with E-state index in [2.05, 4.69) is 14.8 Å². The second-order valence-electron chi connectivity index (χ2n) is 9.74. The Morgan fingerprint density at radius 1 is 1.03 bits per heavy atom. The second kappa shape index (κ2) is 12.4. The third-order valence-corrected chi connectivity index (χ3v) is 7.55. The zero-order valence-corrected chi connectivity index (χ0v) is 22.3. The second-order valence-corrected chi connectivity index (χ2v) is 10.1. The van der Waals surface area contributed by atoms with Crippen LogP contribution in [0.15, 0.2) is 79.0 Å². The van der Waals surface area contributed by atoms with Gasteiger partial charge in [-0.2, -0.15) is 0 Å². The van der Waals surface area contributed by atoms with Crippen LogP contribution < -0.4 is 5.32 Å². The maximum atomic E-state index is 13.2. The number of rotatable bonds is 10. The third-order valence-electron chi connectivity index (χ3n) is 7.20. The lowest BCUT2D eigenvalue weighted by molar-refractivity contribution is -0.384. The summed E-state index contributed by atoms with van der Waals surface area (Å²) < 4.78 is 7.49. The number of morpholine rings is 1. The van der Waals surface area contributed by atoms with Crippen LogP contribution in [0.2, 0.25) is 5.02 Å². The molecule has 1 fully saturated rings. The normalized spacial score (nSPS) is 14.8. The maximum Gasteiger partial charge on any atom is 0.270 e. The summed E-state index contributed by atoms with van der Waals surface area (Å²) in [5.74, 6) is -0.480. The van der Waals surface area contributed by atoms with Gasteiger partial charge in [-0.25, -0.2) is 0 Å². The smallest absolute Gasteiger partial charge is 0.270 e. The van der Waals surface area contributed by atoms with Crippen LogP contribution in [0, 0.1) is 10.1 Å². The summed E-state index contributed by atoms with van der Waals surface area (Å²) in [6.07, 6.45) is 2.18. The molecule has 1 saturated heterocycles. The summed E-state index contributed by atoms with van der Waals surface area (Å²) in [5.41, 5.74) is 3.63. The highest BCUT2D eigenvalue weighted by Gasteiger charge is 2.26. The molecule has 5 rings (SSSR count). The molecular weight excluding hydrogens is 516 g/mol. The first kappa shape index (κ1) is 26.9. The molecule has 3 aromatic carbocycles. The number of hydrogen-bond acceptors (Lipinski definition) is 5. The highest BCUT2D eigenvalue weighted by atomic mass is 35.5. The van der Waals surface area contributed by atoms with Crippen molar-refractivity contribution in [3.63, 3.8) is 0 Å². The first-order valence-corrected chi connectivity index (χ1v) is 13.5. The number of hydrogen-bond donors (Lipinski definition) is 1. The highest BCUT2D eigenvalue weighted by Crippen LogP contribution is 2.39. The van der Waals surface area contributed by atoms with Crippen LogP contribution in [0.5, 0.6) is 0 Å². The number of fused-ring (bicyclic) bond motifs is 1. The van der Waals surface area contributed by atoms with E-state index in [9.17, 15) is 14.9 Å². The van der Waals surface area contributed by atoms with E-state index in [1.165, 1.54) is 6.07 Å². The van der Waals surface area contributed by atoms with Gasteiger partial charge in [-0.3, -0.25) is 19.8 Å². The van der Waals surface area contributed by atoms with E-state index in [4.69, 9.17) is 16.3 Å². The fourth-order valence-electron chi connectivity index (χ4n) is 5.20. The standard InChI is InChI=1S/C30H31ClN4O4/c31-28-9-5-4-8-24(28)25(19-30(36)32-12-13-33-14-16-39-17-15-33)27-21-34(20-22-6-2-1-3-7-22)29-11-10-23(35(37)38)18-26(27)29/h1-11,18,21,25H,12-17,19-20H2,(H,32,36)/t25-/m1/s1. The summed E-state index contributed by atoms with van der Waals surface area (Å²) in [7, 11) is 0. The lowest BCUT2D eigenvalue weighted by atomic mass is 9.88. The fourth-order valence-corrected chi connectivity index (χ4v) is 5.46. The lowest BCUT2D eigenvalue weighted by Gasteiger charge is -2.26. The van der Waals surface area contributed by atoms with Gasteiger partial charge in [0.2, 0.25) is 5.91 Å². The molecule has 9 heteroatoms. The molecule has 1 atom stereocenters. The van der Waals surface area contributed by atoms with Gasteiger partial charge >= 0.3 is 0 Å². The van der Waals surface area contributed by atoms with Crippen molar-refractivity contribution in [2.24, 2.45) is 0 Å². The monoisotopic (exact) mass is 546 g/mol. The summed E-state index contributed by atoms with van der Waals surface area (Å²) in [6, 6.07) is 22.4. The molecule has 1 aliphatic heterocycles. The van der Waals surface area contributed by atoms with Crippen LogP contribution in [0.1, 0.15) is 29.0 Å². The minimum absolute atomic E-state index is 0.00841. The molecule has 0 bridgehead atoms. The van der Waals surface area contributed by atoms with Crippen LogP contribution >= 0.6 is 11.6 Å². The number of benzene rings is 3. The van der Waals surface area contributed by atoms with Gasteiger partial charge in [-0.1, -0.05) is 60.1 Å². The molecule has 4 aromatic rings. The molecule has 2 heterocycles. The molecule has 8 nitrogen and oxygen atoms in total. The number of aromatic nitrogens is 1. The van der Waals surface area contributed by atoms with Crippen LogP contribution in [0.3, 0.4) is 0 Å². The van der Waals surface area contributed by atoms with Gasteiger partial charge in [0.15, 0.2) is 0 Å². The quantitative estimate of drug-likeness (QED) is 0.217. The van der Waals surface area contributed by atoms with Gasteiger partial charge in [-0.15, -0.1) is 0 Å². The molecule has 0 radical (unpaired) electrons. The largest absolute Gasteiger partial charge is 0.379 e. The molecule has 1 amide bonds. The van der Waals surface area contributed by atoms with Crippen molar-refractivity contribution in [3.8, 4) is 0 Å². The summed E-state index contributed by atoms with van der Waals surface area (Å²) in [6.45, 7) is 5.03. The molecular formula is C30H31ClN4O4. The summed E-state index contributed by atoms with van der Waals surface area (Å²) in [4.78, 5) is 26.8. The Kier molecular flexibility index (Phi) is 8.56. The van der Waals surface area contributed by atoms with E-state index >= 15 is 0 Å². The molecule has 39 heavy (non-hydrogen) atoms. The minimum Gasteiger partial charge on any atom is -0.379 e. The zero-order valence-electron chi connectivity index (χ0n) is 21.6. The average Bonchev–Trinajstić information content (AvgIpc) is 3.30. The molecule has 1 aromatic heterocycles. The van der Waals surface area contributed by atoms with Gasteiger partial charge in [0.1, 0.15) is 0 Å². The van der Waals surface area contributed by atoms with Crippen molar-refractivity contribution >= 4 is 34.1 Å². The van der Waals surface area contributed by atoms with Crippen LogP contribution in [-0.4, -0.2) is 59.7 Å². The number of nitrogens with zero attached hydrogens (tertiary/aromatic N) is 3. The van der Waals surface area contributed by atoms with Gasteiger partial charge in [-0.05, 0) is 28.8 Å². The van der Waals surface area contributed by atoms with Crippen molar-refractivity contribution in [1.82, 2.24) is 14.8 Å². The number of nitro benzene ring substituents is 1. The van der Waals surface area contributed by atoms with Crippen molar-refractivity contribution in [2.45, 2.75) is 18.9 Å². The molecule has 1 aliphatic rings. The van der Waals surface area contributed by atoms with E-state index in [0.717, 1.165) is 47.2 Å². The predicted octanol–water partition coefficient (Wildman–Crippen LogP) is 5.22. The zero-order chi connectivity index (χ0) is 27.2. The first-order chi connectivity index (χ1) is 19.0. The van der Waals surface area contributed by atoms with E-state index in [-0.39, 0.29) is 28.9 Å². The Hall–Kier alpha value is -3.72. The highest BCUT2D eigenvalue weighted by molar-refractivity contribution is 6.31. The SMILES string of the molecule is O=C(C[C@H](c1ccccc1Cl)c1cn(Cc2ccccc2)c2ccc([N+](=O)[O-])cc12)NCCN1CCOCC1. The van der Waals surface area contributed by atoms with E-state index in [1.54, 1.807) is 12.1 Å². The molecule has 0 unspecified atom stereocenters. The van der Waals surface area contributed by atoms with E-state index in [0.29, 0.717) is 31.3 Å². The van der Waals surface area contributed by atoms with Crippen molar-refractivity contribution < 1.29 is 14.5 Å². The molecule has 0 saturated carbocycles. The molecule has 1 N–H and O–H groups in total. The van der Waals surface area contributed by atoms with Crippen molar-refractivity contribution in [1.29, 1.82) is 0 Å². The number of carbonyl (C=O) groups excluding carboxylic acids is 1. The number of halogens is 1. The Morgan fingerprint density at radius 2 is 1.77 bits per heavy atom. The number of nitro groups is 1. The summed E-state index contributed by atoms with van der Waals surface area (Å²) >= 11 is 6.66. The fraction of sp³-hybridized carbons (Fsp3) is 0.300. The number of ether oxygens (including phenoxy) is 1. The van der Waals surface area contributed by atoms with Crippen LogP contribution in [-0.2, 0) is 16.1 Å². The van der Waals surface area contributed by atoms with Gasteiger partial charge < -0.3 is 14.6 Å². The third kappa shape index (κ3) is 6.47. The van der Waals surface area contributed by atoms with Gasteiger partial charge in [0, 0.05) is 79.3 Å². The average molecular weight is 547 g/mol. The molecule has 0 spiro atoms. The Bertz CT molecular complexity index is 1450. The Morgan fingerprint density at radius 3 is 2.51 bits per heavy atom. The van der Waals surface area contributed by atoms with Crippen LogP contribution in [0.25, 0.3) is 10.9 Å². The number of amides is 1. The van der Waals surface area contributed by atoms with Gasteiger partial charge in [0.05, 0.1) is 18.1 Å². The number of carbonyl (C=O) groups is 1. The van der Waals surface area contributed by atoms with Gasteiger partial charge in [0.25, 0.3) is 5.69 Å². The molecule has 0 aliphatic carbocycles. The van der Waals surface area contributed by atoms with Crippen molar-refractivity contribution in [2.75, 3.05) is 39.4 Å². The van der Waals surface area contributed by atoms with E-state index in [1.807, 2.05) is 60.8 Å². The van der Waals surface area contributed by atoms with Crippen molar-refractivity contribution in [3.05, 3.63) is 111 Å².